The number of furan rings is 1. The van der Waals surface area contributed by atoms with E-state index in [4.69, 9.17) is 20.8 Å². The molecular weight excluding hydrogens is 396 g/mol. The molecule has 0 bridgehead atoms. The molecule has 1 atom stereocenters. The first kappa shape index (κ1) is 20.6. The molecule has 0 spiro atoms. The molecule has 3 aromatic rings. The zero-order chi connectivity index (χ0) is 21.0. The highest BCUT2D eigenvalue weighted by Gasteiger charge is 2.20. The first-order chi connectivity index (χ1) is 13.9. The predicted molar refractivity (Wildman–Crippen MR) is 110 cm³/mol. The number of aromatic nitrogens is 2. The lowest BCUT2D eigenvalue weighted by Crippen LogP contribution is -2.28. The summed E-state index contributed by atoms with van der Waals surface area (Å²) in [6, 6.07) is 10.2. The molecular formula is C20H21ClN4O4. The molecule has 0 saturated carbocycles. The number of hydrogen-bond acceptors (Lipinski definition) is 7. The van der Waals surface area contributed by atoms with Crippen LogP contribution in [0.1, 0.15) is 22.2 Å². The highest BCUT2D eigenvalue weighted by atomic mass is 35.5. The van der Waals surface area contributed by atoms with Gasteiger partial charge in [0.2, 0.25) is 0 Å². The van der Waals surface area contributed by atoms with Crippen molar-refractivity contribution in [2.75, 3.05) is 33.1 Å². The first-order valence-corrected chi connectivity index (χ1v) is 9.21. The van der Waals surface area contributed by atoms with Crippen molar-refractivity contribution < 1.29 is 13.9 Å². The second-order valence-electron chi connectivity index (χ2n) is 6.47. The SMILES string of the molecule is COC(=O)c1ccccc1-n1ncc(NCC(c2ccco2)N(C)C)c(Cl)c1=O. The van der Waals surface area contributed by atoms with Gasteiger partial charge in [0.1, 0.15) is 10.8 Å². The molecule has 0 aliphatic rings. The first-order valence-electron chi connectivity index (χ1n) is 8.83. The molecule has 0 fully saturated rings. The summed E-state index contributed by atoms with van der Waals surface area (Å²) in [6.45, 7) is 0.449. The molecule has 9 heteroatoms. The Hall–Kier alpha value is -3.10. The van der Waals surface area contributed by atoms with Crippen LogP contribution in [-0.2, 0) is 4.74 Å². The number of likely N-dealkylation sites (N-methyl/N-ethyl adjacent to an activating group) is 1. The lowest BCUT2D eigenvalue weighted by molar-refractivity contribution is 0.0600. The third-order valence-corrected chi connectivity index (χ3v) is 4.80. The summed E-state index contributed by atoms with van der Waals surface area (Å²) in [5, 5.41) is 7.30. The van der Waals surface area contributed by atoms with Gasteiger partial charge in [-0.15, -0.1) is 0 Å². The summed E-state index contributed by atoms with van der Waals surface area (Å²) in [7, 11) is 5.13. The van der Waals surface area contributed by atoms with Crippen LogP contribution >= 0.6 is 11.6 Å². The van der Waals surface area contributed by atoms with Crippen molar-refractivity contribution in [2.45, 2.75) is 6.04 Å². The number of nitrogens with zero attached hydrogens (tertiary/aromatic N) is 3. The van der Waals surface area contributed by atoms with Crippen molar-refractivity contribution in [3.8, 4) is 5.69 Å². The highest BCUT2D eigenvalue weighted by Crippen LogP contribution is 2.22. The minimum atomic E-state index is -0.570. The van der Waals surface area contributed by atoms with Crippen LogP contribution in [0.15, 0.2) is 58.1 Å². The van der Waals surface area contributed by atoms with Crippen molar-refractivity contribution in [3.05, 3.63) is 75.6 Å². The molecule has 0 aliphatic carbocycles. The van der Waals surface area contributed by atoms with E-state index in [1.807, 2.05) is 31.1 Å². The van der Waals surface area contributed by atoms with Gasteiger partial charge in [0, 0.05) is 6.54 Å². The molecule has 0 saturated heterocycles. The lowest BCUT2D eigenvalue weighted by Gasteiger charge is -2.23. The summed E-state index contributed by atoms with van der Waals surface area (Å²) in [5.41, 5.74) is 0.348. The molecule has 0 aliphatic heterocycles. The van der Waals surface area contributed by atoms with E-state index in [1.165, 1.54) is 13.3 Å². The monoisotopic (exact) mass is 416 g/mol. The molecule has 1 unspecified atom stereocenters. The van der Waals surface area contributed by atoms with Crippen LogP contribution < -0.4 is 10.9 Å². The maximum Gasteiger partial charge on any atom is 0.340 e. The van der Waals surface area contributed by atoms with Crippen LogP contribution in [0.25, 0.3) is 5.69 Å². The number of anilines is 1. The van der Waals surface area contributed by atoms with Gasteiger partial charge in [-0.1, -0.05) is 23.7 Å². The van der Waals surface area contributed by atoms with Gasteiger partial charge in [0.15, 0.2) is 0 Å². The number of halogens is 1. The smallest absolute Gasteiger partial charge is 0.340 e. The number of carbonyl (C=O) groups is 1. The van der Waals surface area contributed by atoms with Gasteiger partial charge in [-0.25, -0.2) is 4.79 Å². The highest BCUT2D eigenvalue weighted by molar-refractivity contribution is 6.33. The van der Waals surface area contributed by atoms with Crippen LogP contribution in [0.5, 0.6) is 0 Å². The number of hydrogen-bond donors (Lipinski definition) is 1. The summed E-state index contributed by atoms with van der Waals surface area (Å²) < 4.78 is 11.3. The number of nitrogens with one attached hydrogen (secondary N) is 1. The van der Waals surface area contributed by atoms with Crippen LogP contribution in [0.4, 0.5) is 5.69 Å². The van der Waals surface area contributed by atoms with E-state index >= 15 is 0 Å². The van der Waals surface area contributed by atoms with E-state index < -0.39 is 11.5 Å². The van der Waals surface area contributed by atoms with Gasteiger partial charge in [0.25, 0.3) is 5.56 Å². The second kappa shape index (κ2) is 8.93. The minimum absolute atomic E-state index is 0.0309. The Labute approximate surface area is 172 Å². The maximum absolute atomic E-state index is 12.8. The molecule has 1 aromatic carbocycles. The van der Waals surface area contributed by atoms with Gasteiger partial charge in [-0.3, -0.25) is 9.69 Å². The van der Waals surface area contributed by atoms with Gasteiger partial charge < -0.3 is 14.5 Å². The molecule has 152 valence electrons. The summed E-state index contributed by atoms with van der Waals surface area (Å²) in [5.74, 6) is 0.215. The third-order valence-electron chi connectivity index (χ3n) is 4.44. The third kappa shape index (κ3) is 4.33. The molecule has 8 nitrogen and oxygen atoms in total. The van der Waals surface area contributed by atoms with Gasteiger partial charge in [-0.05, 0) is 38.4 Å². The minimum Gasteiger partial charge on any atom is -0.468 e. The Balaban J connectivity index is 1.89. The van der Waals surface area contributed by atoms with Crippen LogP contribution in [0.2, 0.25) is 5.02 Å². The fourth-order valence-electron chi connectivity index (χ4n) is 2.89. The molecule has 0 amide bonds. The quantitative estimate of drug-likeness (QED) is 0.592. The van der Waals surface area contributed by atoms with Crippen molar-refractivity contribution >= 4 is 23.3 Å². The van der Waals surface area contributed by atoms with Crippen LogP contribution in [0, 0.1) is 0 Å². The van der Waals surface area contributed by atoms with Gasteiger partial charge in [0.05, 0.1) is 42.5 Å². The standard InChI is InChI=1S/C20H21ClN4O4/c1-24(2)16(17-9-6-10-29-17)12-22-14-11-23-25(19(26)18(14)21)15-8-5-4-7-13(15)20(27)28-3/h4-11,16,22H,12H2,1-3H3. The number of esters is 1. The fraction of sp³-hybridized carbons (Fsp3) is 0.250. The number of para-hydroxylation sites is 1. The summed E-state index contributed by atoms with van der Waals surface area (Å²) >= 11 is 6.31. The molecule has 3 rings (SSSR count). The van der Waals surface area contributed by atoms with Crippen molar-refractivity contribution in [2.24, 2.45) is 0 Å². The molecule has 0 radical (unpaired) electrons. The van der Waals surface area contributed by atoms with E-state index in [0.29, 0.717) is 17.9 Å². The zero-order valence-corrected chi connectivity index (χ0v) is 17.0. The number of rotatable bonds is 7. The van der Waals surface area contributed by atoms with Gasteiger partial charge >= 0.3 is 5.97 Å². The zero-order valence-electron chi connectivity index (χ0n) is 16.3. The number of carbonyl (C=O) groups excluding carboxylic acids is 1. The lowest BCUT2D eigenvalue weighted by atomic mass is 10.2. The normalized spacial score (nSPS) is 12.0. The van der Waals surface area contributed by atoms with E-state index in [0.717, 1.165) is 10.4 Å². The Bertz CT molecular complexity index is 1050. The second-order valence-corrected chi connectivity index (χ2v) is 6.85. The van der Waals surface area contributed by atoms with E-state index in [1.54, 1.807) is 30.5 Å². The number of methoxy groups -OCH3 is 1. The topological polar surface area (TPSA) is 89.6 Å². The van der Waals surface area contributed by atoms with Crippen molar-refractivity contribution in [1.82, 2.24) is 14.7 Å². The van der Waals surface area contributed by atoms with Crippen molar-refractivity contribution in [3.63, 3.8) is 0 Å². The molecule has 2 aromatic heterocycles. The van der Waals surface area contributed by atoms with Gasteiger partial charge in [-0.2, -0.15) is 9.78 Å². The van der Waals surface area contributed by atoms with Crippen LogP contribution in [-0.4, -0.2) is 48.4 Å². The Morgan fingerprint density at radius 3 is 2.72 bits per heavy atom. The largest absolute Gasteiger partial charge is 0.468 e. The summed E-state index contributed by atoms with van der Waals surface area (Å²) in [6.07, 6.45) is 3.06. The maximum atomic E-state index is 12.8. The van der Waals surface area contributed by atoms with E-state index in [-0.39, 0.29) is 16.6 Å². The molecule has 29 heavy (non-hydrogen) atoms. The van der Waals surface area contributed by atoms with Crippen LogP contribution in [0.3, 0.4) is 0 Å². The predicted octanol–water partition coefficient (Wildman–Crippen LogP) is 2.98. The Kier molecular flexibility index (Phi) is 6.36. The van der Waals surface area contributed by atoms with Crippen molar-refractivity contribution in [1.29, 1.82) is 0 Å². The Morgan fingerprint density at radius 2 is 2.07 bits per heavy atom. The van der Waals surface area contributed by atoms with E-state index in [2.05, 4.69) is 10.4 Å². The Morgan fingerprint density at radius 1 is 1.31 bits per heavy atom. The summed E-state index contributed by atoms with van der Waals surface area (Å²) in [4.78, 5) is 26.8. The average Bonchev–Trinajstić information content (AvgIpc) is 3.25. The van der Waals surface area contributed by atoms with E-state index in [9.17, 15) is 9.59 Å². The molecule has 2 heterocycles. The number of benzene rings is 1. The number of ether oxygens (including phenoxy) is 1. The average molecular weight is 417 g/mol. The molecule has 1 N–H and O–H groups in total. The fourth-order valence-corrected chi connectivity index (χ4v) is 3.09.